The van der Waals surface area contributed by atoms with Gasteiger partial charge in [0.05, 0.1) is 15.5 Å². The van der Waals surface area contributed by atoms with E-state index in [0.717, 1.165) is 0 Å². The molecule has 0 atom stereocenters. The monoisotopic (exact) mass is 350 g/mol. The van der Waals surface area contributed by atoms with E-state index in [1.165, 1.54) is 18.2 Å². The van der Waals surface area contributed by atoms with Gasteiger partial charge >= 0.3 is 5.97 Å². The number of para-hydroxylation sites is 1. The van der Waals surface area contributed by atoms with Crippen LogP contribution in [0.4, 0.5) is 11.4 Å². The molecule has 2 aromatic carbocycles. The largest absolute Gasteiger partial charge is 0.488 e. The lowest BCUT2D eigenvalue weighted by Crippen LogP contribution is -2.13. The predicted octanol–water partition coefficient (Wildman–Crippen LogP) is 3.53. The van der Waals surface area contributed by atoms with Gasteiger partial charge < -0.3 is 14.8 Å². The molecule has 2 aromatic rings. The molecule has 0 amide bonds. The van der Waals surface area contributed by atoms with Crippen LogP contribution in [0.3, 0.4) is 0 Å². The number of nitro groups is 1. The Labute approximate surface area is 143 Å². The predicted molar refractivity (Wildman–Crippen MR) is 89.9 cm³/mol. The zero-order valence-electron chi connectivity index (χ0n) is 12.8. The Hall–Kier alpha value is -2.80. The number of nitrogens with one attached hydrogen (secondary N) is 1. The van der Waals surface area contributed by atoms with Gasteiger partial charge in [-0.05, 0) is 24.3 Å². The lowest BCUT2D eigenvalue weighted by Gasteiger charge is -2.09. The molecule has 2 rings (SSSR count). The zero-order chi connectivity index (χ0) is 17.5. The number of rotatable bonds is 7. The molecule has 0 saturated carbocycles. The Bertz CT molecular complexity index is 751. The summed E-state index contributed by atoms with van der Waals surface area (Å²) < 4.78 is 10.4. The number of benzene rings is 2. The fourth-order valence-electron chi connectivity index (χ4n) is 1.95. The van der Waals surface area contributed by atoms with Crippen molar-refractivity contribution in [1.29, 1.82) is 0 Å². The standard InChI is InChI=1S/C16H15ClN2O5/c1-18-13-7-6-11(10-14(13)19(21)22)16(20)24-9-8-23-15-5-3-2-4-12(15)17/h2-7,10,18H,8-9H2,1H3. The second-order valence-electron chi connectivity index (χ2n) is 4.65. The van der Waals surface area contributed by atoms with E-state index >= 15 is 0 Å². The number of ether oxygens (including phenoxy) is 2. The van der Waals surface area contributed by atoms with E-state index in [-0.39, 0.29) is 24.5 Å². The number of anilines is 1. The van der Waals surface area contributed by atoms with Crippen molar-refractivity contribution in [3.63, 3.8) is 0 Å². The molecule has 0 aliphatic rings. The molecule has 0 aromatic heterocycles. The highest BCUT2D eigenvalue weighted by molar-refractivity contribution is 6.32. The van der Waals surface area contributed by atoms with E-state index in [2.05, 4.69) is 5.32 Å². The van der Waals surface area contributed by atoms with E-state index in [0.29, 0.717) is 16.5 Å². The van der Waals surface area contributed by atoms with Gasteiger partial charge in [-0.15, -0.1) is 0 Å². The summed E-state index contributed by atoms with van der Waals surface area (Å²) >= 11 is 5.93. The summed E-state index contributed by atoms with van der Waals surface area (Å²) in [6, 6.07) is 11.0. The first-order valence-electron chi connectivity index (χ1n) is 7.03. The van der Waals surface area contributed by atoms with Crippen molar-refractivity contribution in [2.75, 3.05) is 25.6 Å². The number of carbonyl (C=O) groups is 1. The second kappa shape index (κ2) is 8.16. The third-order valence-electron chi connectivity index (χ3n) is 3.11. The molecule has 0 fully saturated rings. The van der Waals surface area contributed by atoms with Crippen molar-refractivity contribution in [3.05, 3.63) is 63.2 Å². The Morgan fingerprint density at radius 1 is 1.25 bits per heavy atom. The van der Waals surface area contributed by atoms with Crippen LogP contribution in [0.1, 0.15) is 10.4 Å². The highest BCUT2D eigenvalue weighted by atomic mass is 35.5. The summed E-state index contributed by atoms with van der Waals surface area (Å²) in [6.45, 7) is 0.109. The maximum atomic E-state index is 12.0. The second-order valence-corrected chi connectivity index (χ2v) is 5.06. The van der Waals surface area contributed by atoms with Crippen LogP contribution in [0.15, 0.2) is 42.5 Å². The SMILES string of the molecule is CNc1ccc(C(=O)OCCOc2ccccc2Cl)cc1[N+](=O)[O-]. The smallest absolute Gasteiger partial charge is 0.338 e. The first-order chi connectivity index (χ1) is 11.5. The van der Waals surface area contributed by atoms with Crippen LogP contribution < -0.4 is 10.1 Å². The number of nitrogens with zero attached hydrogens (tertiary/aromatic N) is 1. The van der Waals surface area contributed by atoms with Gasteiger partial charge in [-0.1, -0.05) is 23.7 Å². The van der Waals surface area contributed by atoms with Crippen LogP contribution in [-0.2, 0) is 4.74 Å². The summed E-state index contributed by atoms with van der Waals surface area (Å²) in [5, 5.41) is 14.1. The fourth-order valence-corrected chi connectivity index (χ4v) is 2.14. The molecule has 0 spiro atoms. The lowest BCUT2D eigenvalue weighted by atomic mass is 10.1. The highest BCUT2D eigenvalue weighted by Gasteiger charge is 2.17. The summed E-state index contributed by atoms with van der Waals surface area (Å²) in [5.41, 5.74) is 0.219. The maximum absolute atomic E-state index is 12.0. The van der Waals surface area contributed by atoms with E-state index in [1.807, 2.05) is 0 Å². The summed E-state index contributed by atoms with van der Waals surface area (Å²) in [4.78, 5) is 22.4. The Balaban J connectivity index is 1.92. The molecule has 0 bridgehead atoms. The van der Waals surface area contributed by atoms with Crippen LogP contribution in [0, 0.1) is 10.1 Å². The number of hydrogen-bond donors (Lipinski definition) is 1. The molecule has 0 aliphatic carbocycles. The normalized spacial score (nSPS) is 10.1. The van der Waals surface area contributed by atoms with Gasteiger partial charge in [-0.3, -0.25) is 10.1 Å². The van der Waals surface area contributed by atoms with Gasteiger partial charge in [0.15, 0.2) is 0 Å². The van der Waals surface area contributed by atoms with E-state index in [9.17, 15) is 14.9 Å². The van der Waals surface area contributed by atoms with Crippen LogP contribution in [0.25, 0.3) is 0 Å². The van der Waals surface area contributed by atoms with Gasteiger partial charge in [0.2, 0.25) is 0 Å². The Morgan fingerprint density at radius 2 is 2.00 bits per heavy atom. The number of halogens is 1. The molecule has 0 aliphatic heterocycles. The Kier molecular flexibility index (Phi) is 5.97. The van der Waals surface area contributed by atoms with E-state index < -0.39 is 10.9 Å². The highest BCUT2D eigenvalue weighted by Crippen LogP contribution is 2.25. The van der Waals surface area contributed by atoms with Crippen LogP contribution in [-0.4, -0.2) is 31.2 Å². The number of nitro benzene ring substituents is 1. The van der Waals surface area contributed by atoms with Gasteiger partial charge in [0.25, 0.3) is 5.69 Å². The van der Waals surface area contributed by atoms with Crippen LogP contribution in [0.2, 0.25) is 5.02 Å². The maximum Gasteiger partial charge on any atom is 0.338 e. The van der Waals surface area contributed by atoms with Crippen molar-refractivity contribution in [2.24, 2.45) is 0 Å². The molecule has 126 valence electrons. The van der Waals surface area contributed by atoms with E-state index in [4.69, 9.17) is 21.1 Å². The molecule has 0 saturated heterocycles. The van der Waals surface area contributed by atoms with E-state index in [1.54, 1.807) is 31.3 Å². The van der Waals surface area contributed by atoms with Crippen LogP contribution in [0.5, 0.6) is 5.75 Å². The average molecular weight is 351 g/mol. The topological polar surface area (TPSA) is 90.7 Å². The minimum atomic E-state index is -0.663. The molecule has 0 radical (unpaired) electrons. The molecular weight excluding hydrogens is 336 g/mol. The number of hydrogen-bond acceptors (Lipinski definition) is 6. The summed E-state index contributed by atoms with van der Waals surface area (Å²) in [5.74, 6) is -0.173. The van der Waals surface area contributed by atoms with Crippen molar-refractivity contribution < 1.29 is 19.2 Å². The molecule has 24 heavy (non-hydrogen) atoms. The minimum Gasteiger partial charge on any atom is -0.488 e. The van der Waals surface area contributed by atoms with Crippen LogP contribution >= 0.6 is 11.6 Å². The van der Waals surface area contributed by atoms with Gasteiger partial charge in [0.1, 0.15) is 24.7 Å². The van der Waals surface area contributed by atoms with Gasteiger partial charge in [-0.2, -0.15) is 0 Å². The van der Waals surface area contributed by atoms with Crippen molar-refractivity contribution in [1.82, 2.24) is 0 Å². The third-order valence-corrected chi connectivity index (χ3v) is 3.42. The molecule has 1 N–H and O–H groups in total. The van der Waals surface area contributed by atoms with Crippen molar-refractivity contribution in [2.45, 2.75) is 0 Å². The third kappa shape index (κ3) is 4.36. The first kappa shape index (κ1) is 17.6. The average Bonchev–Trinajstić information content (AvgIpc) is 2.59. The van der Waals surface area contributed by atoms with Crippen molar-refractivity contribution >= 4 is 28.9 Å². The Morgan fingerprint density at radius 3 is 2.67 bits per heavy atom. The molecule has 0 unspecified atom stereocenters. The van der Waals surface area contributed by atoms with Crippen molar-refractivity contribution in [3.8, 4) is 5.75 Å². The first-order valence-corrected chi connectivity index (χ1v) is 7.41. The molecule has 0 heterocycles. The molecule has 8 heteroatoms. The lowest BCUT2D eigenvalue weighted by molar-refractivity contribution is -0.384. The quantitative estimate of drug-likeness (QED) is 0.355. The minimum absolute atomic E-state index is 0.00830. The zero-order valence-corrected chi connectivity index (χ0v) is 13.6. The molecule has 7 nitrogen and oxygen atoms in total. The fraction of sp³-hybridized carbons (Fsp3) is 0.188. The molecular formula is C16H15ClN2O5. The van der Waals surface area contributed by atoms with Gasteiger partial charge in [-0.25, -0.2) is 4.79 Å². The van der Waals surface area contributed by atoms with Gasteiger partial charge in [0, 0.05) is 13.1 Å². The number of carbonyl (C=O) groups excluding carboxylic acids is 1. The summed E-state index contributed by atoms with van der Waals surface area (Å²) in [6.07, 6.45) is 0. The number of esters is 1. The summed E-state index contributed by atoms with van der Waals surface area (Å²) in [7, 11) is 1.56.